The smallest absolute Gasteiger partial charge is 0.224 e. The Morgan fingerprint density at radius 3 is 3.00 bits per heavy atom. The van der Waals surface area contributed by atoms with Gasteiger partial charge in [-0.25, -0.2) is 4.98 Å². The number of ether oxygens (including phenoxy) is 1. The van der Waals surface area contributed by atoms with Crippen molar-refractivity contribution in [1.29, 1.82) is 0 Å². The Morgan fingerprint density at radius 1 is 1.60 bits per heavy atom. The van der Waals surface area contributed by atoms with Crippen LogP contribution in [0.5, 0.6) is 0 Å². The molecule has 0 aliphatic carbocycles. The van der Waals surface area contributed by atoms with E-state index in [4.69, 9.17) is 4.74 Å². The summed E-state index contributed by atoms with van der Waals surface area (Å²) in [4.78, 5) is 10.9. The van der Waals surface area contributed by atoms with Crippen LogP contribution in [0, 0.1) is 0 Å². The fourth-order valence-electron chi connectivity index (χ4n) is 2.38. The molecule has 0 radical (unpaired) electrons. The van der Waals surface area contributed by atoms with Gasteiger partial charge in [0.05, 0.1) is 22.8 Å². The van der Waals surface area contributed by atoms with Gasteiger partial charge in [-0.15, -0.1) is 0 Å². The minimum atomic E-state index is -0.325. The molecule has 7 heteroatoms. The second kappa shape index (κ2) is 6.24. The average Bonchev–Trinajstić information content (AvgIpc) is 2.39. The number of morpholine rings is 1. The van der Waals surface area contributed by atoms with Crippen molar-refractivity contribution < 1.29 is 9.84 Å². The van der Waals surface area contributed by atoms with Crippen LogP contribution in [0.1, 0.15) is 20.8 Å². The number of rotatable bonds is 4. The zero-order valence-corrected chi connectivity index (χ0v) is 13.6. The molecule has 1 atom stereocenters. The molecule has 0 saturated carbocycles. The Morgan fingerprint density at radius 2 is 2.35 bits per heavy atom. The topological polar surface area (TPSA) is 70.5 Å². The van der Waals surface area contributed by atoms with Gasteiger partial charge in [0.25, 0.3) is 0 Å². The van der Waals surface area contributed by atoms with E-state index in [-0.39, 0.29) is 18.3 Å². The highest BCUT2D eigenvalue weighted by molar-refractivity contribution is 9.10. The first kappa shape index (κ1) is 15.5. The number of nitrogens with one attached hydrogen (secondary N) is 1. The Hall–Kier alpha value is -0.920. The van der Waals surface area contributed by atoms with Crippen molar-refractivity contribution in [1.82, 2.24) is 9.97 Å². The fraction of sp³-hybridized carbons (Fsp3) is 0.692. The van der Waals surface area contributed by atoms with Crippen LogP contribution in [0.15, 0.2) is 10.7 Å². The molecule has 1 saturated heterocycles. The maximum atomic E-state index is 9.39. The third kappa shape index (κ3) is 3.59. The first-order valence-electron chi connectivity index (χ1n) is 6.75. The maximum Gasteiger partial charge on any atom is 0.224 e. The monoisotopic (exact) mass is 344 g/mol. The maximum absolute atomic E-state index is 9.39. The number of aliphatic hydroxyl groups is 1. The fourth-order valence-corrected chi connectivity index (χ4v) is 2.82. The normalized spacial score (nSPS) is 21.9. The summed E-state index contributed by atoms with van der Waals surface area (Å²) in [6, 6.07) is 0. The number of hydrogen-bond acceptors (Lipinski definition) is 6. The van der Waals surface area contributed by atoms with E-state index >= 15 is 0 Å². The molecular formula is C13H21BrN4O2. The largest absolute Gasteiger partial charge is 0.394 e. The van der Waals surface area contributed by atoms with Crippen LogP contribution in [-0.4, -0.2) is 53.0 Å². The predicted octanol–water partition coefficient (Wildman–Crippen LogP) is 1.65. The Bertz CT molecular complexity index is 470. The van der Waals surface area contributed by atoms with Crippen molar-refractivity contribution in [3.05, 3.63) is 10.7 Å². The first-order valence-corrected chi connectivity index (χ1v) is 7.54. The van der Waals surface area contributed by atoms with Crippen LogP contribution in [0.3, 0.4) is 0 Å². The molecule has 1 aliphatic heterocycles. The van der Waals surface area contributed by atoms with E-state index in [2.05, 4.69) is 36.1 Å². The molecule has 1 aromatic heterocycles. The lowest BCUT2D eigenvalue weighted by molar-refractivity contribution is -0.101. The highest BCUT2D eigenvalue weighted by atomic mass is 79.9. The molecular weight excluding hydrogens is 324 g/mol. The molecule has 2 heterocycles. The molecule has 1 aliphatic rings. The summed E-state index contributed by atoms with van der Waals surface area (Å²) in [6.07, 6.45) is 1.54. The highest BCUT2D eigenvalue weighted by Gasteiger charge is 2.34. The molecule has 1 aromatic rings. The first-order chi connectivity index (χ1) is 9.45. The molecule has 0 bridgehead atoms. The molecule has 112 valence electrons. The van der Waals surface area contributed by atoms with E-state index in [1.54, 1.807) is 6.20 Å². The van der Waals surface area contributed by atoms with Gasteiger partial charge in [-0.05, 0) is 36.7 Å². The van der Waals surface area contributed by atoms with Crippen LogP contribution in [0.4, 0.5) is 11.8 Å². The zero-order chi connectivity index (χ0) is 14.8. The standard InChI is InChI=1S/C13H21BrN4O2/c1-4-15-12-16-5-10(14)11(17-12)18-6-9(7-19)20-13(2,3)8-18/h5,9,19H,4,6-8H2,1-3H3,(H,15,16,17). The van der Waals surface area contributed by atoms with Crippen LogP contribution in [-0.2, 0) is 4.74 Å². The van der Waals surface area contributed by atoms with Crippen molar-refractivity contribution in [3.63, 3.8) is 0 Å². The Kier molecular flexibility index (Phi) is 4.82. The van der Waals surface area contributed by atoms with Gasteiger partial charge in [-0.1, -0.05) is 0 Å². The van der Waals surface area contributed by atoms with Crippen LogP contribution in [0.25, 0.3) is 0 Å². The molecule has 0 amide bonds. The second-order valence-corrected chi connectivity index (χ2v) is 6.31. The van der Waals surface area contributed by atoms with Crippen molar-refractivity contribution in [2.75, 3.05) is 36.5 Å². The Labute approximate surface area is 127 Å². The quantitative estimate of drug-likeness (QED) is 0.865. The number of halogens is 1. The molecule has 1 fully saturated rings. The average molecular weight is 345 g/mol. The minimum absolute atomic E-state index is 0.00268. The third-order valence-corrected chi connectivity index (χ3v) is 3.60. The van der Waals surface area contributed by atoms with Crippen molar-refractivity contribution in [2.24, 2.45) is 0 Å². The summed E-state index contributed by atoms with van der Waals surface area (Å²) in [7, 11) is 0. The Balaban J connectivity index is 2.27. The number of aromatic nitrogens is 2. The molecule has 6 nitrogen and oxygen atoms in total. The number of nitrogens with zero attached hydrogens (tertiary/aromatic N) is 3. The molecule has 1 unspecified atom stereocenters. The zero-order valence-electron chi connectivity index (χ0n) is 12.1. The summed E-state index contributed by atoms with van der Waals surface area (Å²) >= 11 is 3.50. The van der Waals surface area contributed by atoms with Crippen molar-refractivity contribution >= 4 is 27.7 Å². The summed E-state index contributed by atoms with van der Waals surface area (Å²) < 4.78 is 6.67. The van der Waals surface area contributed by atoms with Crippen molar-refractivity contribution in [2.45, 2.75) is 32.5 Å². The van der Waals surface area contributed by atoms with Crippen LogP contribution in [0.2, 0.25) is 0 Å². The van der Waals surface area contributed by atoms with Gasteiger partial charge in [-0.2, -0.15) is 4.98 Å². The lowest BCUT2D eigenvalue weighted by Crippen LogP contribution is -2.54. The van der Waals surface area contributed by atoms with Gasteiger partial charge in [0.15, 0.2) is 0 Å². The number of hydrogen-bond donors (Lipinski definition) is 2. The van der Waals surface area contributed by atoms with E-state index < -0.39 is 0 Å². The summed E-state index contributed by atoms with van der Waals surface area (Å²) in [5, 5.41) is 12.5. The molecule has 2 N–H and O–H groups in total. The third-order valence-electron chi connectivity index (χ3n) is 3.05. The number of anilines is 2. The molecule has 0 aromatic carbocycles. The van der Waals surface area contributed by atoms with E-state index in [0.717, 1.165) is 16.8 Å². The predicted molar refractivity (Wildman–Crippen MR) is 82.1 cm³/mol. The highest BCUT2D eigenvalue weighted by Crippen LogP contribution is 2.30. The van der Waals surface area contributed by atoms with Crippen molar-refractivity contribution in [3.8, 4) is 0 Å². The molecule has 0 spiro atoms. The lowest BCUT2D eigenvalue weighted by Gasteiger charge is -2.43. The summed E-state index contributed by atoms with van der Waals surface area (Å²) in [6.45, 7) is 8.14. The minimum Gasteiger partial charge on any atom is -0.394 e. The molecule has 20 heavy (non-hydrogen) atoms. The van der Waals surface area contributed by atoms with Gasteiger partial charge >= 0.3 is 0 Å². The van der Waals surface area contributed by atoms with Crippen LogP contribution >= 0.6 is 15.9 Å². The SMILES string of the molecule is CCNc1ncc(Br)c(N2CC(CO)OC(C)(C)C2)n1. The van der Waals surface area contributed by atoms with E-state index in [0.29, 0.717) is 19.0 Å². The van der Waals surface area contributed by atoms with Crippen LogP contribution < -0.4 is 10.2 Å². The summed E-state index contributed by atoms with van der Waals surface area (Å²) in [5.74, 6) is 1.43. The lowest BCUT2D eigenvalue weighted by atomic mass is 10.1. The molecule has 2 rings (SSSR count). The van der Waals surface area contributed by atoms with E-state index in [1.807, 2.05) is 20.8 Å². The second-order valence-electron chi connectivity index (χ2n) is 5.46. The number of aliphatic hydroxyl groups excluding tert-OH is 1. The van der Waals surface area contributed by atoms with E-state index in [1.165, 1.54) is 0 Å². The van der Waals surface area contributed by atoms with Gasteiger partial charge in [0, 0.05) is 25.8 Å². The van der Waals surface area contributed by atoms with E-state index in [9.17, 15) is 5.11 Å². The van der Waals surface area contributed by atoms with Gasteiger partial charge in [0.2, 0.25) is 5.95 Å². The summed E-state index contributed by atoms with van der Waals surface area (Å²) in [5.41, 5.74) is -0.325. The van der Waals surface area contributed by atoms with Gasteiger partial charge in [-0.3, -0.25) is 0 Å². The van der Waals surface area contributed by atoms with Gasteiger partial charge < -0.3 is 20.1 Å². The van der Waals surface area contributed by atoms with Gasteiger partial charge in [0.1, 0.15) is 5.82 Å².